The molecule has 0 aliphatic carbocycles. The molecule has 0 atom stereocenters. The highest BCUT2D eigenvalue weighted by Gasteiger charge is 2.12. The van der Waals surface area contributed by atoms with Gasteiger partial charge in [-0.1, -0.05) is 11.8 Å². The van der Waals surface area contributed by atoms with Crippen LogP contribution in [-0.2, 0) is 0 Å². The van der Waals surface area contributed by atoms with E-state index >= 15 is 0 Å². The molecule has 0 saturated heterocycles. The van der Waals surface area contributed by atoms with Crippen molar-refractivity contribution in [2.75, 3.05) is 20.0 Å². The summed E-state index contributed by atoms with van der Waals surface area (Å²) in [4.78, 5) is 0. The van der Waals surface area contributed by atoms with Crippen molar-refractivity contribution in [3.63, 3.8) is 0 Å². The number of ether oxygens (including phenoxy) is 2. The van der Waals surface area contributed by atoms with Gasteiger partial charge in [0.1, 0.15) is 4.21 Å². The molecule has 0 aromatic carbocycles. The molecule has 5 heteroatoms. The third-order valence-electron chi connectivity index (χ3n) is 1.37. The largest absolute Gasteiger partial charge is 0.492 e. The van der Waals surface area contributed by atoms with Crippen molar-refractivity contribution in [2.24, 2.45) is 0 Å². The molecule has 1 aromatic heterocycles. The molecule has 1 rings (SSSR count). The third-order valence-corrected chi connectivity index (χ3v) is 3.47. The van der Waals surface area contributed by atoms with E-state index in [1.54, 1.807) is 14.2 Å². The number of hydrogen-bond acceptors (Lipinski definition) is 5. The predicted molar refractivity (Wildman–Crippen MR) is 53.8 cm³/mol. The minimum Gasteiger partial charge on any atom is -0.492 e. The first-order valence-corrected chi connectivity index (χ1v) is 5.39. The van der Waals surface area contributed by atoms with Crippen molar-refractivity contribution in [1.82, 2.24) is 0 Å². The number of nitrogens with zero attached hydrogens (tertiary/aromatic N) is 1. The lowest BCUT2D eigenvalue weighted by molar-refractivity contribution is 0.352. The van der Waals surface area contributed by atoms with Crippen LogP contribution in [-0.4, -0.2) is 20.0 Å². The van der Waals surface area contributed by atoms with Crippen molar-refractivity contribution in [3.05, 3.63) is 5.38 Å². The highest BCUT2D eigenvalue weighted by Crippen LogP contribution is 2.43. The van der Waals surface area contributed by atoms with Crippen LogP contribution in [0.15, 0.2) is 9.59 Å². The van der Waals surface area contributed by atoms with Crippen molar-refractivity contribution in [3.8, 4) is 17.6 Å². The van der Waals surface area contributed by atoms with Crippen LogP contribution in [0.1, 0.15) is 0 Å². The number of methoxy groups -OCH3 is 2. The minimum atomic E-state index is 0.431. The Bertz CT molecular complexity index is 316. The summed E-state index contributed by atoms with van der Waals surface area (Å²) in [5, 5.41) is 10.3. The van der Waals surface area contributed by atoms with Gasteiger partial charge in [-0.05, 0) is 0 Å². The van der Waals surface area contributed by atoms with E-state index in [2.05, 4.69) is 6.07 Å². The van der Waals surface area contributed by atoms with Gasteiger partial charge in [-0.3, -0.25) is 0 Å². The Morgan fingerprint density at radius 1 is 1.54 bits per heavy atom. The maximum atomic E-state index is 8.42. The van der Waals surface area contributed by atoms with Gasteiger partial charge in [-0.2, -0.15) is 5.26 Å². The van der Waals surface area contributed by atoms with Crippen LogP contribution in [0.2, 0.25) is 0 Å². The quantitative estimate of drug-likeness (QED) is 0.723. The smallest absolute Gasteiger partial charge is 0.185 e. The summed E-state index contributed by atoms with van der Waals surface area (Å²) in [6.07, 6.45) is 0. The number of hydrogen-bond donors (Lipinski definition) is 0. The van der Waals surface area contributed by atoms with Gasteiger partial charge in [0.15, 0.2) is 11.5 Å². The fraction of sp³-hybridized carbons (Fsp3) is 0.375. The highest BCUT2D eigenvalue weighted by atomic mass is 32.2. The van der Waals surface area contributed by atoms with E-state index in [0.29, 0.717) is 5.75 Å². The zero-order valence-corrected chi connectivity index (χ0v) is 9.00. The molecule has 0 amide bonds. The maximum Gasteiger partial charge on any atom is 0.185 e. The highest BCUT2D eigenvalue weighted by molar-refractivity contribution is 8.01. The fourth-order valence-corrected chi connectivity index (χ4v) is 2.65. The van der Waals surface area contributed by atoms with Crippen LogP contribution in [0.4, 0.5) is 0 Å². The van der Waals surface area contributed by atoms with Crippen LogP contribution in [0.5, 0.6) is 11.5 Å². The number of nitriles is 1. The molecular weight excluding hydrogens is 206 g/mol. The van der Waals surface area contributed by atoms with Gasteiger partial charge in [0.25, 0.3) is 0 Å². The molecule has 0 unspecified atom stereocenters. The van der Waals surface area contributed by atoms with E-state index in [9.17, 15) is 0 Å². The van der Waals surface area contributed by atoms with E-state index in [1.807, 2.05) is 5.38 Å². The number of thioether (sulfide) groups is 1. The van der Waals surface area contributed by atoms with Crippen LogP contribution in [0, 0.1) is 11.3 Å². The van der Waals surface area contributed by atoms with Crippen molar-refractivity contribution in [2.45, 2.75) is 4.21 Å². The van der Waals surface area contributed by atoms with Gasteiger partial charge in [0.2, 0.25) is 0 Å². The SMILES string of the molecule is COc1csc(SCC#N)c1OC. The van der Waals surface area contributed by atoms with Gasteiger partial charge in [-0.25, -0.2) is 0 Å². The molecule has 3 nitrogen and oxygen atoms in total. The zero-order chi connectivity index (χ0) is 9.68. The zero-order valence-electron chi connectivity index (χ0n) is 7.36. The summed E-state index contributed by atoms with van der Waals surface area (Å²) in [6, 6.07) is 2.07. The van der Waals surface area contributed by atoms with E-state index in [0.717, 1.165) is 15.7 Å². The van der Waals surface area contributed by atoms with Crippen LogP contribution in [0.25, 0.3) is 0 Å². The number of rotatable bonds is 4. The Morgan fingerprint density at radius 2 is 2.31 bits per heavy atom. The van der Waals surface area contributed by atoms with E-state index in [4.69, 9.17) is 14.7 Å². The first kappa shape index (κ1) is 10.2. The molecule has 0 bridgehead atoms. The van der Waals surface area contributed by atoms with Gasteiger partial charge >= 0.3 is 0 Å². The van der Waals surface area contributed by atoms with E-state index in [1.165, 1.54) is 23.1 Å². The molecule has 1 heterocycles. The first-order chi connectivity index (χ1) is 6.33. The number of thiophene rings is 1. The third kappa shape index (κ3) is 2.29. The second kappa shape index (κ2) is 5.00. The molecule has 0 aliphatic rings. The van der Waals surface area contributed by atoms with Crippen molar-refractivity contribution >= 4 is 23.1 Å². The van der Waals surface area contributed by atoms with Crippen molar-refractivity contribution in [1.29, 1.82) is 5.26 Å². The average Bonchev–Trinajstić information content (AvgIpc) is 2.56. The summed E-state index contributed by atoms with van der Waals surface area (Å²) in [7, 11) is 3.20. The Morgan fingerprint density at radius 3 is 2.85 bits per heavy atom. The average molecular weight is 215 g/mol. The predicted octanol–water partition coefficient (Wildman–Crippen LogP) is 2.38. The second-order valence-electron chi connectivity index (χ2n) is 2.07. The van der Waals surface area contributed by atoms with Gasteiger partial charge < -0.3 is 9.47 Å². The lowest BCUT2D eigenvalue weighted by atomic mass is 10.5. The Kier molecular flexibility index (Phi) is 3.93. The fourth-order valence-electron chi connectivity index (χ4n) is 0.837. The summed E-state index contributed by atoms with van der Waals surface area (Å²) in [6.45, 7) is 0. The monoisotopic (exact) mass is 215 g/mol. The van der Waals surface area contributed by atoms with Crippen LogP contribution < -0.4 is 9.47 Å². The standard InChI is InChI=1S/C8H9NO2S2/c1-10-6-5-13-8(7(6)11-2)12-4-3-9/h5H,4H2,1-2H3. The maximum absolute atomic E-state index is 8.42. The summed E-state index contributed by atoms with van der Waals surface area (Å²) < 4.78 is 11.2. The van der Waals surface area contributed by atoms with Gasteiger partial charge in [0.05, 0.1) is 26.0 Å². The molecule has 70 valence electrons. The lowest BCUT2D eigenvalue weighted by Crippen LogP contribution is -1.87. The minimum absolute atomic E-state index is 0.431. The Labute approximate surface area is 85.3 Å². The Hall–Kier alpha value is -0.860. The molecule has 0 aliphatic heterocycles. The van der Waals surface area contributed by atoms with Gasteiger partial charge in [0, 0.05) is 5.38 Å². The molecule has 0 N–H and O–H groups in total. The molecule has 0 spiro atoms. The Balaban J connectivity index is 2.82. The molecule has 0 radical (unpaired) electrons. The first-order valence-electron chi connectivity index (χ1n) is 3.52. The summed E-state index contributed by atoms with van der Waals surface area (Å²) >= 11 is 2.99. The summed E-state index contributed by atoms with van der Waals surface area (Å²) in [5.41, 5.74) is 0. The lowest BCUT2D eigenvalue weighted by Gasteiger charge is -2.02. The topological polar surface area (TPSA) is 42.2 Å². The normalized spacial score (nSPS) is 9.31. The van der Waals surface area contributed by atoms with E-state index in [-0.39, 0.29) is 0 Å². The van der Waals surface area contributed by atoms with Gasteiger partial charge in [-0.15, -0.1) is 11.3 Å². The van der Waals surface area contributed by atoms with Crippen LogP contribution >= 0.6 is 23.1 Å². The molecular formula is C8H9NO2S2. The molecule has 13 heavy (non-hydrogen) atoms. The molecule has 0 fully saturated rings. The second-order valence-corrected chi connectivity index (χ2v) is 4.20. The van der Waals surface area contributed by atoms with Crippen LogP contribution in [0.3, 0.4) is 0 Å². The van der Waals surface area contributed by atoms with Crippen molar-refractivity contribution < 1.29 is 9.47 Å². The molecule has 1 aromatic rings. The van der Waals surface area contributed by atoms with E-state index < -0.39 is 0 Å². The summed E-state index contributed by atoms with van der Waals surface area (Å²) in [5.74, 6) is 1.89. The molecule has 0 saturated carbocycles.